The van der Waals surface area contributed by atoms with Crippen LogP contribution in [0.4, 0.5) is 5.69 Å². The van der Waals surface area contributed by atoms with Gasteiger partial charge in [0.2, 0.25) is 0 Å². The SMILES string of the molecule is S=c1[nH]nc(C2CNc3cc(Cl)ccc3O2)n1Cc1ccc(-c2ccccc2)cc1. The van der Waals surface area contributed by atoms with E-state index in [-0.39, 0.29) is 6.10 Å². The van der Waals surface area contributed by atoms with Gasteiger partial charge in [-0.1, -0.05) is 66.2 Å². The first-order valence-electron chi connectivity index (χ1n) is 9.67. The van der Waals surface area contributed by atoms with E-state index in [2.05, 4.69) is 51.9 Å². The highest BCUT2D eigenvalue weighted by Crippen LogP contribution is 2.35. The lowest BCUT2D eigenvalue weighted by Crippen LogP contribution is -2.26. The molecule has 1 aliphatic heterocycles. The molecule has 1 atom stereocenters. The average molecular weight is 435 g/mol. The molecule has 0 radical (unpaired) electrons. The van der Waals surface area contributed by atoms with E-state index in [0.29, 0.717) is 22.9 Å². The molecular formula is C23H19ClN4OS. The van der Waals surface area contributed by atoms with Gasteiger partial charge in [-0.2, -0.15) is 5.10 Å². The summed E-state index contributed by atoms with van der Waals surface area (Å²) in [4.78, 5) is 0. The van der Waals surface area contributed by atoms with Crippen molar-refractivity contribution in [2.75, 3.05) is 11.9 Å². The molecule has 5 nitrogen and oxygen atoms in total. The zero-order valence-corrected chi connectivity index (χ0v) is 17.6. The maximum Gasteiger partial charge on any atom is 0.195 e. The Morgan fingerprint density at radius 2 is 1.80 bits per heavy atom. The molecule has 0 saturated heterocycles. The molecule has 30 heavy (non-hydrogen) atoms. The van der Waals surface area contributed by atoms with Crippen molar-refractivity contribution in [2.45, 2.75) is 12.6 Å². The summed E-state index contributed by atoms with van der Waals surface area (Å²) in [5, 5.41) is 11.4. The van der Waals surface area contributed by atoms with Gasteiger partial charge in [-0.15, -0.1) is 0 Å². The van der Waals surface area contributed by atoms with Crippen molar-refractivity contribution < 1.29 is 4.74 Å². The topological polar surface area (TPSA) is 54.9 Å². The van der Waals surface area contributed by atoms with Crippen LogP contribution in [0.5, 0.6) is 5.75 Å². The Labute approximate surface area is 184 Å². The van der Waals surface area contributed by atoms with Crippen LogP contribution in [0.25, 0.3) is 11.1 Å². The van der Waals surface area contributed by atoms with Gasteiger partial charge >= 0.3 is 0 Å². The molecule has 3 aromatic carbocycles. The molecule has 1 unspecified atom stereocenters. The molecular weight excluding hydrogens is 416 g/mol. The molecule has 7 heteroatoms. The van der Waals surface area contributed by atoms with Gasteiger partial charge in [0.15, 0.2) is 16.7 Å². The van der Waals surface area contributed by atoms with Gasteiger partial charge in [0.1, 0.15) is 5.75 Å². The molecule has 0 aliphatic carbocycles. The Bertz CT molecular complexity index is 1230. The van der Waals surface area contributed by atoms with Crippen molar-refractivity contribution in [1.82, 2.24) is 14.8 Å². The predicted molar refractivity (Wildman–Crippen MR) is 122 cm³/mol. The van der Waals surface area contributed by atoms with Gasteiger partial charge in [-0.3, -0.25) is 9.67 Å². The van der Waals surface area contributed by atoms with Crippen LogP contribution in [0, 0.1) is 4.77 Å². The summed E-state index contributed by atoms with van der Waals surface area (Å²) in [6, 6.07) is 24.4. The highest BCUT2D eigenvalue weighted by atomic mass is 35.5. The number of aromatic amines is 1. The number of ether oxygens (including phenoxy) is 1. The van der Waals surface area contributed by atoms with Gasteiger partial charge in [0.25, 0.3) is 0 Å². The van der Waals surface area contributed by atoms with Crippen LogP contribution < -0.4 is 10.1 Å². The summed E-state index contributed by atoms with van der Waals surface area (Å²) in [5.41, 5.74) is 4.41. The van der Waals surface area contributed by atoms with Gasteiger partial charge < -0.3 is 10.1 Å². The minimum atomic E-state index is -0.254. The molecule has 0 fully saturated rings. The molecule has 150 valence electrons. The summed E-state index contributed by atoms with van der Waals surface area (Å²) in [5.74, 6) is 1.52. The average Bonchev–Trinajstić information content (AvgIpc) is 3.14. The smallest absolute Gasteiger partial charge is 0.195 e. The van der Waals surface area contributed by atoms with E-state index in [1.807, 2.05) is 41.0 Å². The van der Waals surface area contributed by atoms with Crippen molar-refractivity contribution in [1.29, 1.82) is 0 Å². The summed E-state index contributed by atoms with van der Waals surface area (Å²) >= 11 is 11.6. The maximum absolute atomic E-state index is 6.17. The first-order chi connectivity index (χ1) is 14.7. The fraction of sp³-hybridized carbons (Fsp3) is 0.130. The quantitative estimate of drug-likeness (QED) is 0.395. The van der Waals surface area contributed by atoms with Gasteiger partial charge in [0.05, 0.1) is 18.8 Å². The van der Waals surface area contributed by atoms with Crippen molar-refractivity contribution in [3.8, 4) is 16.9 Å². The van der Waals surface area contributed by atoms with E-state index < -0.39 is 0 Å². The van der Waals surface area contributed by atoms with Crippen LogP contribution in [0.3, 0.4) is 0 Å². The Morgan fingerprint density at radius 3 is 2.60 bits per heavy atom. The van der Waals surface area contributed by atoms with Gasteiger partial charge in [0, 0.05) is 5.02 Å². The van der Waals surface area contributed by atoms with Crippen molar-refractivity contribution in [2.24, 2.45) is 0 Å². The van der Waals surface area contributed by atoms with Crippen molar-refractivity contribution in [3.05, 3.63) is 94.0 Å². The first-order valence-corrected chi connectivity index (χ1v) is 10.5. The standard InChI is InChI=1S/C23H19ClN4OS/c24-18-10-11-20-19(12-18)25-13-21(29-20)22-26-27-23(30)28(22)14-15-6-8-17(9-7-15)16-4-2-1-3-5-16/h1-12,21,25H,13-14H2,(H,27,30). The third-order valence-corrected chi connectivity index (χ3v) is 5.71. The number of nitrogens with one attached hydrogen (secondary N) is 2. The molecule has 0 amide bonds. The molecule has 4 aromatic rings. The fourth-order valence-corrected chi connectivity index (χ4v) is 4.00. The van der Waals surface area contributed by atoms with E-state index in [4.69, 9.17) is 28.6 Å². The van der Waals surface area contributed by atoms with E-state index in [9.17, 15) is 0 Å². The number of fused-ring (bicyclic) bond motifs is 1. The van der Waals surface area contributed by atoms with E-state index in [0.717, 1.165) is 22.8 Å². The number of aromatic nitrogens is 3. The lowest BCUT2D eigenvalue weighted by atomic mass is 10.0. The minimum Gasteiger partial charge on any atom is -0.478 e. The maximum atomic E-state index is 6.17. The second kappa shape index (κ2) is 7.97. The van der Waals surface area contributed by atoms with Crippen molar-refractivity contribution >= 4 is 29.5 Å². The van der Waals surface area contributed by atoms with Crippen molar-refractivity contribution in [3.63, 3.8) is 0 Å². The predicted octanol–water partition coefficient (Wildman–Crippen LogP) is 5.85. The zero-order valence-electron chi connectivity index (χ0n) is 16.0. The Kier molecular flexibility index (Phi) is 5.02. The van der Waals surface area contributed by atoms with Crippen LogP contribution in [0.2, 0.25) is 5.02 Å². The summed E-state index contributed by atoms with van der Waals surface area (Å²) < 4.78 is 8.73. The second-order valence-electron chi connectivity index (χ2n) is 7.16. The molecule has 2 heterocycles. The number of H-pyrrole nitrogens is 1. The first kappa shape index (κ1) is 18.9. The van der Waals surface area contributed by atoms with Crippen LogP contribution in [0.1, 0.15) is 17.5 Å². The van der Waals surface area contributed by atoms with Crippen LogP contribution in [-0.2, 0) is 6.54 Å². The van der Waals surface area contributed by atoms with Crippen LogP contribution in [-0.4, -0.2) is 21.3 Å². The number of anilines is 1. The summed E-state index contributed by atoms with van der Waals surface area (Å²) in [6.45, 7) is 1.20. The van der Waals surface area contributed by atoms with Gasteiger partial charge in [-0.25, -0.2) is 0 Å². The van der Waals surface area contributed by atoms with Crippen LogP contribution >= 0.6 is 23.8 Å². The lowest BCUT2D eigenvalue weighted by Gasteiger charge is -2.27. The number of hydrogen-bond acceptors (Lipinski definition) is 4. The number of nitrogens with zero attached hydrogens (tertiary/aromatic N) is 2. The molecule has 1 aromatic heterocycles. The van der Waals surface area contributed by atoms with E-state index >= 15 is 0 Å². The highest BCUT2D eigenvalue weighted by Gasteiger charge is 2.26. The molecule has 0 spiro atoms. The second-order valence-corrected chi connectivity index (χ2v) is 7.99. The number of benzene rings is 3. The largest absolute Gasteiger partial charge is 0.478 e. The number of halogens is 1. The Balaban J connectivity index is 1.38. The molecule has 0 saturated carbocycles. The normalized spacial score (nSPS) is 15.2. The molecule has 0 bridgehead atoms. The highest BCUT2D eigenvalue weighted by molar-refractivity contribution is 7.71. The lowest BCUT2D eigenvalue weighted by molar-refractivity contribution is 0.195. The third kappa shape index (κ3) is 3.72. The van der Waals surface area contributed by atoms with E-state index in [1.54, 1.807) is 0 Å². The third-order valence-electron chi connectivity index (χ3n) is 5.17. The van der Waals surface area contributed by atoms with E-state index in [1.165, 1.54) is 11.1 Å². The Morgan fingerprint density at radius 1 is 1.03 bits per heavy atom. The van der Waals surface area contributed by atoms with Crippen LogP contribution in [0.15, 0.2) is 72.8 Å². The Hall–Kier alpha value is -3.09. The monoisotopic (exact) mass is 434 g/mol. The molecule has 5 rings (SSSR count). The summed E-state index contributed by atoms with van der Waals surface area (Å²) in [7, 11) is 0. The molecule has 2 N–H and O–H groups in total. The summed E-state index contributed by atoms with van der Waals surface area (Å²) in [6.07, 6.45) is -0.254. The minimum absolute atomic E-state index is 0.254. The number of hydrogen-bond donors (Lipinski definition) is 2. The molecule has 1 aliphatic rings. The number of rotatable bonds is 4. The van der Waals surface area contributed by atoms with Gasteiger partial charge in [-0.05, 0) is 47.1 Å². The fourth-order valence-electron chi connectivity index (χ4n) is 3.63. The zero-order chi connectivity index (χ0) is 20.5.